The van der Waals surface area contributed by atoms with Crippen LogP contribution in [0.5, 0.6) is 0 Å². The van der Waals surface area contributed by atoms with Crippen molar-refractivity contribution in [2.24, 2.45) is 0 Å². The van der Waals surface area contributed by atoms with Gasteiger partial charge in [-0.3, -0.25) is 0 Å². The SMILES string of the molecule is CCCCCNC(=S)Nc1cccc(C(=O)OCC)c1C. The van der Waals surface area contributed by atoms with Gasteiger partial charge in [-0.25, -0.2) is 4.79 Å². The van der Waals surface area contributed by atoms with Crippen LogP contribution in [0.25, 0.3) is 0 Å². The maximum atomic E-state index is 11.8. The monoisotopic (exact) mass is 308 g/mol. The minimum absolute atomic E-state index is 0.305. The van der Waals surface area contributed by atoms with Crippen LogP contribution >= 0.6 is 12.2 Å². The average molecular weight is 308 g/mol. The summed E-state index contributed by atoms with van der Waals surface area (Å²) in [6, 6.07) is 5.48. The van der Waals surface area contributed by atoms with E-state index in [0.29, 0.717) is 17.3 Å². The Bertz CT molecular complexity index is 489. The van der Waals surface area contributed by atoms with Gasteiger partial charge in [0.2, 0.25) is 0 Å². The van der Waals surface area contributed by atoms with Crippen molar-refractivity contribution < 1.29 is 9.53 Å². The number of carbonyl (C=O) groups is 1. The van der Waals surface area contributed by atoms with E-state index in [2.05, 4.69) is 17.6 Å². The maximum Gasteiger partial charge on any atom is 0.338 e. The molecule has 1 rings (SSSR count). The number of rotatable bonds is 7. The Hall–Kier alpha value is -1.62. The van der Waals surface area contributed by atoms with E-state index in [9.17, 15) is 4.79 Å². The molecule has 0 saturated carbocycles. The lowest BCUT2D eigenvalue weighted by Gasteiger charge is -2.14. The number of anilines is 1. The zero-order chi connectivity index (χ0) is 15.7. The summed E-state index contributed by atoms with van der Waals surface area (Å²) >= 11 is 5.27. The van der Waals surface area contributed by atoms with Gasteiger partial charge in [-0.2, -0.15) is 0 Å². The number of nitrogens with one attached hydrogen (secondary N) is 2. The molecule has 2 N–H and O–H groups in total. The molecule has 5 heteroatoms. The Morgan fingerprint density at radius 3 is 2.71 bits per heavy atom. The van der Waals surface area contributed by atoms with Crippen LogP contribution in [0, 0.1) is 6.92 Å². The van der Waals surface area contributed by atoms with Gasteiger partial charge < -0.3 is 15.4 Å². The van der Waals surface area contributed by atoms with Crippen molar-refractivity contribution in [2.75, 3.05) is 18.5 Å². The quantitative estimate of drug-likeness (QED) is 0.457. The first-order valence-corrected chi connectivity index (χ1v) is 7.82. The van der Waals surface area contributed by atoms with Gasteiger partial charge in [0, 0.05) is 12.2 Å². The summed E-state index contributed by atoms with van der Waals surface area (Å²) in [5, 5.41) is 6.89. The Morgan fingerprint density at radius 2 is 2.05 bits per heavy atom. The number of hydrogen-bond acceptors (Lipinski definition) is 3. The summed E-state index contributed by atoms with van der Waals surface area (Å²) in [7, 11) is 0. The van der Waals surface area contributed by atoms with Gasteiger partial charge in [0.25, 0.3) is 0 Å². The third kappa shape index (κ3) is 5.71. The maximum absolute atomic E-state index is 11.8. The number of hydrogen-bond donors (Lipinski definition) is 2. The van der Waals surface area contributed by atoms with Crippen molar-refractivity contribution in [1.82, 2.24) is 5.32 Å². The van der Waals surface area contributed by atoms with E-state index in [4.69, 9.17) is 17.0 Å². The topological polar surface area (TPSA) is 50.4 Å². The summed E-state index contributed by atoms with van der Waals surface area (Å²) in [6.07, 6.45) is 3.47. The first-order valence-electron chi connectivity index (χ1n) is 7.41. The summed E-state index contributed by atoms with van der Waals surface area (Å²) in [5.74, 6) is -0.305. The van der Waals surface area contributed by atoms with Gasteiger partial charge >= 0.3 is 5.97 Å². The van der Waals surface area contributed by atoms with E-state index in [1.165, 1.54) is 12.8 Å². The van der Waals surface area contributed by atoms with Crippen LogP contribution in [0.15, 0.2) is 18.2 Å². The summed E-state index contributed by atoms with van der Waals surface area (Å²) < 4.78 is 5.05. The average Bonchev–Trinajstić information content (AvgIpc) is 2.46. The summed E-state index contributed by atoms with van der Waals surface area (Å²) in [4.78, 5) is 11.8. The Morgan fingerprint density at radius 1 is 1.29 bits per heavy atom. The normalized spacial score (nSPS) is 10.0. The fraction of sp³-hybridized carbons (Fsp3) is 0.500. The molecule has 0 aliphatic carbocycles. The predicted octanol–water partition coefficient (Wildman–Crippen LogP) is 3.65. The van der Waals surface area contributed by atoms with Crippen molar-refractivity contribution >= 4 is 29.0 Å². The minimum atomic E-state index is -0.305. The van der Waals surface area contributed by atoms with Gasteiger partial charge in [-0.1, -0.05) is 25.8 Å². The third-order valence-corrected chi connectivity index (χ3v) is 3.39. The number of carbonyl (C=O) groups excluding carboxylic acids is 1. The number of esters is 1. The third-order valence-electron chi connectivity index (χ3n) is 3.14. The Kier molecular flexibility index (Phi) is 7.75. The fourth-order valence-corrected chi connectivity index (χ4v) is 2.16. The van der Waals surface area contributed by atoms with Crippen LogP contribution in [0.2, 0.25) is 0 Å². The molecule has 0 fully saturated rings. The minimum Gasteiger partial charge on any atom is -0.462 e. The molecule has 0 radical (unpaired) electrons. The van der Waals surface area contributed by atoms with Crippen molar-refractivity contribution in [3.05, 3.63) is 29.3 Å². The first kappa shape index (κ1) is 17.4. The molecule has 0 amide bonds. The molecule has 0 saturated heterocycles. The lowest BCUT2D eigenvalue weighted by atomic mass is 10.1. The molecule has 1 aromatic rings. The van der Waals surface area contributed by atoms with Gasteiger partial charge in [0.05, 0.1) is 12.2 Å². The number of benzene rings is 1. The zero-order valence-electron chi connectivity index (χ0n) is 13.0. The Balaban J connectivity index is 2.65. The molecule has 116 valence electrons. The van der Waals surface area contributed by atoms with Gasteiger partial charge in [0.1, 0.15) is 0 Å². The molecule has 0 atom stereocenters. The van der Waals surface area contributed by atoms with E-state index in [-0.39, 0.29) is 5.97 Å². The molecule has 0 unspecified atom stereocenters. The van der Waals surface area contributed by atoms with Crippen LogP contribution < -0.4 is 10.6 Å². The van der Waals surface area contributed by atoms with E-state index < -0.39 is 0 Å². The van der Waals surface area contributed by atoms with Crippen LogP contribution in [0.1, 0.15) is 49.0 Å². The number of unbranched alkanes of at least 4 members (excludes halogenated alkanes) is 2. The van der Waals surface area contributed by atoms with Gasteiger partial charge in [-0.05, 0) is 50.2 Å². The smallest absolute Gasteiger partial charge is 0.338 e. The molecule has 0 heterocycles. The second kappa shape index (κ2) is 9.34. The highest BCUT2D eigenvalue weighted by Gasteiger charge is 2.12. The fourth-order valence-electron chi connectivity index (χ4n) is 1.94. The van der Waals surface area contributed by atoms with E-state index in [1.54, 1.807) is 13.0 Å². The lowest BCUT2D eigenvalue weighted by molar-refractivity contribution is 0.0525. The Labute approximate surface area is 132 Å². The lowest BCUT2D eigenvalue weighted by Crippen LogP contribution is -2.29. The highest BCUT2D eigenvalue weighted by molar-refractivity contribution is 7.80. The second-order valence-electron chi connectivity index (χ2n) is 4.79. The molecule has 1 aromatic carbocycles. The summed E-state index contributed by atoms with van der Waals surface area (Å²) in [6.45, 7) is 7.07. The van der Waals surface area contributed by atoms with Gasteiger partial charge in [0.15, 0.2) is 5.11 Å². The standard InChI is InChI=1S/C16H24N2O2S/c1-4-6-7-11-17-16(21)18-14-10-8-9-13(12(14)3)15(19)20-5-2/h8-10H,4-7,11H2,1-3H3,(H2,17,18,21). The van der Waals surface area contributed by atoms with Gasteiger partial charge in [-0.15, -0.1) is 0 Å². The predicted molar refractivity (Wildman–Crippen MR) is 90.9 cm³/mol. The van der Waals surface area contributed by atoms with E-state index in [1.807, 2.05) is 19.1 Å². The second-order valence-corrected chi connectivity index (χ2v) is 5.19. The molecule has 0 spiro atoms. The van der Waals surface area contributed by atoms with E-state index in [0.717, 1.165) is 24.2 Å². The molecule has 21 heavy (non-hydrogen) atoms. The highest BCUT2D eigenvalue weighted by Crippen LogP contribution is 2.19. The van der Waals surface area contributed by atoms with Crippen molar-refractivity contribution in [3.63, 3.8) is 0 Å². The van der Waals surface area contributed by atoms with Crippen molar-refractivity contribution in [3.8, 4) is 0 Å². The van der Waals surface area contributed by atoms with Crippen molar-refractivity contribution in [1.29, 1.82) is 0 Å². The molecule has 0 aliphatic rings. The number of ether oxygens (including phenoxy) is 1. The molecule has 0 aliphatic heterocycles. The molecule has 0 bridgehead atoms. The van der Waals surface area contributed by atoms with Crippen LogP contribution in [-0.2, 0) is 4.74 Å². The molecular weight excluding hydrogens is 284 g/mol. The first-order chi connectivity index (χ1) is 10.1. The van der Waals surface area contributed by atoms with Crippen LogP contribution in [0.3, 0.4) is 0 Å². The highest BCUT2D eigenvalue weighted by atomic mass is 32.1. The van der Waals surface area contributed by atoms with E-state index >= 15 is 0 Å². The molecular formula is C16H24N2O2S. The van der Waals surface area contributed by atoms with Crippen molar-refractivity contribution in [2.45, 2.75) is 40.0 Å². The zero-order valence-corrected chi connectivity index (χ0v) is 13.8. The molecule has 4 nitrogen and oxygen atoms in total. The molecule has 0 aromatic heterocycles. The van der Waals surface area contributed by atoms with Crippen LogP contribution in [-0.4, -0.2) is 24.2 Å². The van der Waals surface area contributed by atoms with Crippen LogP contribution in [0.4, 0.5) is 5.69 Å². The largest absolute Gasteiger partial charge is 0.462 e. The number of thiocarbonyl (C=S) groups is 1. The summed E-state index contributed by atoms with van der Waals surface area (Å²) in [5.41, 5.74) is 2.23.